The van der Waals surface area contributed by atoms with E-state index in [1.165, 1.54) is 19.3 Å². The van der Waals surface area contributed by atoms with Crippen LogP contribution in [0.25, 0.3) is 0 Å². The van der Waals surface area contributed by atoms with E-state index in [-0.39, 0.29) is 6.10 Å². The van der Waals surface area contributed by atoms with Crippen molar-refractivity contribution in [1.82, 2.24) is 0 Å². The molecule has 60 valence electrons. The molecule has 0 spiro atoms. The van der Waals surface area contributed by atoms with Crippen molar-refractivity contribution in [3.63, 3.8) is 0 Å². The second kappa shape index (κ2) is 3.94. The van der Waals surface area contributed by atoms with Gasteiger partial charge in [0.15, 0.2) is 0 Å². The monoisotopic (exact) mass is 144 g/mol. The molecule has 2 heteroatoms. The molecule has 0 saturated heterocycles. The van der Waals surface area contributed by atoms with Gasteiger partial charge in [-0.3, -0.25) is 0 Å². The van der Waals surface area contributed by atoms with Crippen LogP contribution in [0.3, 0.4) is 0 Å². The summed E-state index contributed by atoms with van der Waals surface area (Å²) in [6.07, 6.45) is 4.63. The highest BCUT2D eigenvalue weighted by molar-refractivity contribution is 4.70. The van der Waals surface area contributed by atoms with Crippen molar-refractivity contribution >= 4 is 0 Å². The van der Waals surface area contributed by atoms with E-state index in [9.17, 15) is 0 Å². The second-order valence-corrected chi connectivity index (χ2v) is 2.95. The van der Waals surface area contributed by atoms with Gasteiger partial charge < -0.3 is 9.47 Å². The number of rotatable bonds is 4. The summed E-state index contributed by atoms with van der Waals surface area (Å²) in [7, 11) is 1.71. The Kier molecular flexibility index (Phi) is 3.16. The molecule has 2 nitrogen and oxygen atoms in total. The smallest absolute Gasteiger partial charge is 0.0784 e. The van der Waals surface area contributed by atoms with E-state index in [0.717, 1.165) is 6.61 Å². The van der Waals surface area contributed by atoms with Crippen molar-refractivity contribution in [3.8, 4) is 0 Å². The van der Waals surface area contributed by atoms with Gasteiger partial charge in [-0.15, -0.1) is 0 Å². The standard InChI is InChI=1S/C8H16O2/c1-7(6-9-2)10-8-4-3-5-8/h7-8H,3-6H2,1-2H3. The lowest BCUT2D eigenvalue weighted by Crippen LogP contribution is -2.28. The van der Waals surface area contributed by atoms with Crippen LogP contribution in [0, 0.1) is 0 Å². The van der Waals surface area contributed by atoms with E-state index in [1.807, 2.05) is 0 Å². The van der Waals surface area contributed by atoms with Crippen LogP contribution in [0.4, 0.5) is 0 Å². The van der Waals surface area contributed by atoms with Crippen molar-refractivity contribution < 1.29 is 9.47 Å². The number of hydrogen-bond donors (Lipinski definition) is 0. The Balaban J connectivity index is 1.99. The van der Waals surface area contributed by atoms with Crippen LogP contribution >= 0.6 is 0 Å². The first-order chi connectivity index (χ1) is 4.83. The van der Waals surface area contributed by atoms with E-state index in [1.54, 1.807) is 7.11 Å². The van der Waals surface area contributed by atoms with E-state index in [2.05, 4.69) is 6.92 Å². The van der Waals surface area contributed by atoms with Gasteiger partial charge in [-0.05, 0) is 26.2 Å². The van der Waals surface area contributed by atoms with Crippen LogP contribution in [-0.2, 0) is 9.47 Å². The molecule has 1 unspecified atom stereocenters. The van der Waals surface area contributed by atoms with E-state index < -0.39 is 0 Å². The highest BCUT2D eigenvalue weighted by atomic mass is 16.5. The number of methoxy groups -OCH3 is 1. The molecular formula is C8H16O2. The van der Waals surface area contributed by atoms with Gasteiger partial charge in [-0.1, -0.05) is 0 Å². The number of ether oxygens (including phenoxy) is 2. The average Bonchev–Trinajstić information content (AvgIpc) is 1.80. The molecule has 0 aromatic rings. The van der Waals surface area contributed by atoms with Crippen LogP contribution in [0.15, 0.2) is 0 Å². The summed E-state index contributed by atoms with van der Waals surface area (Å²) in [6.45, 7) is 2.78. The van der Waals surface area contributed by atoms with Crippen molar-refractivity contribution in [2.24, 2.45) is 0 Å². The van der Waals surface area contributed by atoms with Gasteiger partial charge >= 0.3 is 0 Å². The summed E-state index contributed by atoms with van der Waals surface area (Å²) < 4.78 is 10.5. The average molecular weight is 144 g/mol. The van der Waals surface area contributed by atoms with E-state index in [4.69, 9.17) is 9.47 Å². The predicted molar refractivity (Wildman–Crippen MR) is 40.1 cm³/mol. The summed E-state index contributed by atoms with van der Waals surface area (Å²) in [6, 6.07) is 0. The molecule has 0 heterocycles. The summed E-state index contributed by atoms with van der Waals surface area (Å²) in [5.41, 5.74) is 0. The Labute approximate surface area is 62.5 Å². The molecular weight excluding hydrogens is 128 g/mol. The normalized spacial score (nSPS) is 22.2. The minimum absolute atomic E-state index is 0.273. The Hall–Kier alpha value is -0.0800. The highest BCUT2D eigenvalue weighted by Crippen LogP contribution is 2.23. The highest BCUT2D eigenvalue weighted by Gasteiger charge is 2.19. The molecule has 0 N–H and O–H groups in total. The minimum Gasteiger partial charge on any atom is -0.382 e. The summed E-state index contributed by atoms with van der Waals surface area (Å²) in [4.78, 5) is 0. The molecule has 1 saturated carbocycles. The zero-order valence-electron chi connectivity index (χ0n) is 6.80. The summed E-state index contributed by atoms with van der Waals surface area (Å²) in [5, 5.41) is 0. The van der Waals surface area contributed by atoms with Crippen molar-refractivity contribution in [2.75, 3.05) is 13.7 Å². The lowest BCUT2D eigenvalue weighted by atomic mass is 9.96. The zero-order valence-corrected chi connectivity index (χ0v) is 6.80. The largest absolute Gasteiger partial charge is 0.382 e. The third kappa shape index (κ3) is 2.27. The topological polar surface area (TPSA) is 18.5 Å². The molecule has 0 amide bonds. The molecule has 1 fully saturated rings. The molecule has 0 aromatic carbocycles. The summed E-state index contributed by atoms with van der Waals surface area (Å²) >= 11 is 0. The first-order valence-corrected chi connectivity index (χ1v) is 3.97. The first-order valence-electron chi connectivity index (χ1n) is 3.97. The Morgan fingerprint density at radius 2 is 2.20 bits per heavy atom. The van der Waals surface area contributed by atoms with Gasteiger partial charge in [0.25, 0.3) is 0 Å². The molecule has 1 rings (SSSR count). The fourth-order valence-corrected chi connectivity index (χ4v) is 1.11. The molecule has 1 atom stereocenters. The Morgan fingerprint density at radius 1 is 1.50 bits per heavy atom. The molecule has 0 bridgehead atoms. The van der Waals surface area contributed by atoms with Crippen LogP contribution in [-0.4, -0.2) is 25.9 Å². The van der Waals surface area contributed by atoms with Crippen molar-refractivity contribution in [1.29, 1.82) is 0 Å². The van der Waals surface area contributed by atoms with Crippen LogP contribution in [0.5, 0.6) is 0 Å². The van der Waals surface area contributed by atoms with Gasteiger partial charge in [-0.25, -0.2) is 0 Å². The first kappa shape index (κ1) is 8.02. The maximum atomic E-state index is 5.60. The van der Waals surface area contributed by atoms with Gasteiger partial charge in [0.05, 0.1) is 18.8 Å². The third-order valence-electron chi connectivity index (χ3n) is 1.88. The van der Waals surface area contributed by atoms with E-state index in [0.29, 0.717) is 6.10 Å². The van der Waals surface area contributed by atoms with Crippen LogP contribution in [0.1, 0.15) is 26.2 Å². The third-order valence-corrected chi connectivity index (χ3v) is 1.88. The Bertz CT molecular complexity index is 89.3. The SMILES string of the molecule is COCC(C)OC1CCC1. The fourth-order valence-electron chi connectivity index (χ4n) is 1.11. The zero-order chi connectivity index (χ0) is 7.40. The Morgan fingerprint density at radius 3 is 2.60 bits per heavy atom. The lowest BCUT2D eigenvalue weighted by molar-refractivity contribution is -0.0691. The van der Waals surface area contributed by atoms with Gasteiger partial charge in [0, 0.05) is 7.11 Å². The minimum atomic E-state index is 0.273. The van der Waals surface area contributed by atoms with Crippen LogP contribution < -0.4 is 0 Å². The van der Waals surface area contributed by atoms with Gasteiger partial charge in [-0.2, -0.15) is 0 Å². The second-order valence-electron chi connectivity index (χ2n) is 2.95. The predicted octanol–water partition coefficient (Wildman–Crippen LogP) is 1.59. The molecule has 1 aliphatic rings. The van der Waals surface area contributed by atoms with Gasteiger partial charge in [0.1, 0.15) is 0 Å². The quantitative estimate of drug-likeness (QED) is 0.596. The lowest BCUT2D eigenvalue weighted by Gasteiger charge is -2.28. The molecule has 1 aliphatic carbocycles. The molecule has 0 aliphatic heterocycles. The van der Waals surface area contributed by atoms with Crippen LogP contribution in [0.2, 0.25) is 0 Å². The van der Waals surface area contributed by atoms with Gasteiger partial charge in [0.2, 0.25) is 0 Å². The molecule has 0 aromatic heterocycles. The fraction of sp³-hybridized carbons (Fsp3) is 1.00. The maximum absolute atomic E-state index is 5.60. The molecule has 0 radical (unpaired) electrons. The van der Waals surface area contributed by atoms with Crippen molar-refractivity contribution in [2.45, 2.75) is 38.4 Å². The maximum Gasteiger partial charge on any atom is 0.0784 e. The summed E-state index contributed by atoms with van der Waals surface area (Å²) in [5.74, 6) is 0. The molecule has 10 heavy (non-hydrogen) atoms. The van der Waals surface area contributed by atoms with Crippen molar-refractivity contribution in [3.05, 3.63) is 0 Å². The van der Waals surface area contributed by atoms with E-state index >= 15 is 0 Å². The number of hydrogen-bond acceptors (Lipinski definition) is 2.